The molecule has 0 amide bonds. The van der Waals surface area contributed by atoms with E-state index in [9.17, 15) is 20.3 Å². The molecule has 11 heteroatoms. The van der Waals surface area contributed by atoms with Crippen molar-refractivity contribution in [2.75, 3.05) is 19.6 Å². The maximum atomic E-state index is 13.1. The van der Waals surface area contributed by atoms with E-state index in [1.54, 1.807) is 18.2 Å². The number of fused-ring (bicyclic) bond motifs is 4. The highest BCUT2D eigenvalue weighted by atomic mass is 16.6. The standard InChI is InChI=1S/C36H38N6O5/c37-34(39-18-21-3-7-24(8-4-21)42(45)46)38-13-11-20-5-9-27-25(15-20)26-17-36(44)29-16-23-6-10-28(43)32-30(23)35(36,33(47-32)31(26)40-27)12-14-41(29)19-22-1-2-22/h3-10,15,22,29,33,40,43-44H,1-2,11-14,16-19H2,(H3,37,38,39)/t29-,33+,35+,36-/m1/s1. The van der Waals surface area contributed by atoms with Gasteiger partial charge in [-0.25, -0.2) is 4.99 Å². The lowest BCUT2D eigenvalue weighted by Crippen LogP contribution is -2.74. The molecule has 1 saturated carbocycles. The Morgan fingerprint density at radius 2 is 1.98 bits per heavy atom. The number of aliphatic imine (C=N–C) groups is 1. The Morgan fingerprint density at radius 1 is 1.17 bits per heavy atom. The number of phenols is 1. The van der Waals surface area contributed by atoms with E-state index in [0.29, 0.717) is 31.2 Å². The van der Waals surface area contributed by atoms with Gasteiger partial charge in [0.1, 0.15) is 0 Å². The number of nitrogens with one attached hydrogen (secondary N) is 2. The number of aromatic hydroxyl groups is 1. The third kappa shape index (κ3) is 4.22. The second-order valence-corrected chi connectivity index (χ2v) is 14.1. The van der Waals surface area contributed by atoms with Crippen molar-refractivity contribution in [2.24, 2.45) is 16.6 Å². The topological polar surface area (TPSA) is 162 Å². The predicted molar refractivity (Wildman–Crippen MR) is 177 cm³/mol. The number of nitrogens with zero attached hydrogens (tertiary/aromatic N) is 3. The summed E-state index contributed by atoms with van der Waals surface area (Å²) in [7, 11) is 0. The van der Waals surface area contributed by atoms with Crippen molar-refractivity contribution < 1.29 is 19.9 Å². The van der Waals surface area contributed by atoms with E-state index in [4.69, 9.17) is 10.5 Å². The molecule has 2 fully saturated rings. The van der Waals surface area contributed by atoms with Crippen LogP contribution in [0.3, 0.4) is 0 Å². The fourth-order valence-electron chi connectivity index (χ4n) is 9.11. The number of rotatable bonds is 8. The number of phenolic OH excluding ortho intramolecular Hbond substituents is 1. The molecular formula is C36H38N6O5. The fraction of sp³-hybridized carbons (Fsp3) is 0.417. The summed E-state index contributed by atoms with van der Waals surface area (Å²) in [5, 5.41) is 39.2. The number of H-pyrrole nitrogens is 1. The van der Waals surface area contributed by atoms with E-state index < -0.39 is 22.0 Å². The van der Waals surface area contributed by atoms with Crippen LogP contribution in [0.5, 0.6) is 11.5 Å². The summed E-state index contributed by atoms with van der Waals surface area (Å²) >= 11 is 0. The minimum atomic E-state index is -1.02. The van der Waals surface area contributed by atoms with Gasteiger partial charge in [-0.15, -0.1) is 0 Å². The summed E-state index contributed by atoms with van der Waals surface area (Å²) in [6.45, 7) is 2.87. The Kier molecular flexibility index (Phi) is 6.20. The quantitative estimate of drug-likeness (QED) is 0.0837. The molecule has 3 heterocycles. The van der Waals surface area contributed by atoms with Crippen molar-refractivity contribution in [1.29, 1.82) is 0 Å². The molecule has 4 atom stereocenters. The van der Waals surface area contributed by atoms with Gasteiger partial charge in [-0.2, -0.15) is 0 Å². The second-order valence-electron chi connectivity index (χ2n) is 14.1. The summed E-state index contributed by atoms with van der Waals surface area (Å²) in [6, 6.07) is 16.5. The number of piperidine rings is 1. The fourth-order valence-corrected chi connectivity index (χ4v) is 9.11. The summed E-state index contributed by atoms with van der Waals surface area (Å²) in [6.07, 6.45) is 4.95. The van der Waals surface area contributed by atoms with Crippen molar-refractivity contribution >= 4 is 22.5 Å². The molecule has 1 spiro atoms. The summed E-state index contributed by atoms with van der Waals surface area (Å²) in [5.41, 5.74) is 11.9. The van der Waals surface area contributed by atoms with E-state index in [1.165, 1.54) is 30.5 Å². The molecule has 242 valence electrons. The number of hydrogen-bond donors (Lipinski definition) is 5. The van der Waals surface area contributed by atoms with Crippen LogP contribution in [0.2, 0.25) is 0 Å². The third-order valence-electron chi connectivity index (χ3n) is 11.5. The molecule has 0 radical (unpaired) electrons. The van der Waals surface area contributed by atoms with Crippen LogP contribution in [-0.2, 0) is 31.2 Å². The third-order valence-corrected chi connectivity index (χ3v) is 11.5. The molecule has 47 heavy (non-hydrogen) atoms. The van der Waals surface area contributed by atoms with Crippen LogP contribution < -0.4 is 15.8 Å². The SMILES string of the molecule is NC(=NCc1ccc([N+](=O)[O-])cc1)NCCc1ccc2[nH]c3c(c2c1)C[C@@]1(O)[C@H]2Cc4ccc(O)c5c4[C@@]1(CCN2CC1CC1)[C@H]3O5. The first-order chi connectivity index (χ1) is 22.7. The van der Waals surface area contributed by atoms with Gasteiger partial charge in [0.05, 0.1) is 28.2 Å². The monoisotopic (exact) mass is 634 g/mol. The maximum Gasteiger partial charge on any atom is 0.269 e. The molecule has 3 aliphatic carbocycles. The molecule has 9 rings (SSSR count). The first kappa shape index (κ1) is 28.6. The number of non-ortho nitro benzene ring substituents is 1. The van der Waals surface area contributed by atoms with Gasteiger partial charge >= 0.3 is 0 Å². The lowest BCUT2D eigenvalue weighted by molar-refractivity contribution is -0.384. The average Bonchev–Trinajstić information content (AvgIpc) is 3.71. The first-order valence-corrected chi connectivity index (χ1v) is 16.6. The minimum absolute atomic E-state index is 0.00954. The van der Waals surface area contributed by atoms with Gasteiger partial charge in [0.15, 0.2) is 23.6 Å². The van der Waals surface area contributed by atoms with Gasteiger partial charge in [-0.05, 0) is 85.0 Å². The van der Waals surface area contributed by atoms with Crippen LogP contribution >= 0.6 is 0 Å². The number of aromatic nitrogens is 1. The Morgan fingerprint density at radius 3 is 2.77 bits per heavy atom. The molecule has 3 aromatic carbocycles. The average molecular weight is 635 g/mol. The van der Waals surface area contributed by atoms with Gasteiger partial charge in [-0.3, -0.25) is 15.0 Å². The second kappa shape index (κ2) is 10.2. The summed E-state index contributed by atoms with van der Waals surface area (Å²) < 4.78 is 6.73. The molecule has 11 nitrogen and oxygen atoms in total. The smallest absolute Gasteiger partial charge is 0.269 e. The van der Waals surface area contributed by atoms with Crippen molar-refractivity contribution in [1.82, 2.24) is 15.2 Å². The zero-order valence-electron chi connectivity index (χ0n) is 26.0. The van der Waals surface area contributed by atoms with Crippen molar-refractivity contribution in [3.8, 4) is 11.5 Å². The van der Waals surface area contributed by atoms with Crippen molar-refractivity contribution in [3.63, 3.8) is 0 Å². The molecule has 4 aromatic rings. The summed E-state index contributed by atoms with van der Waals surface area (Å²) in [4.78, 5) is 21.1. The molecule has 5 aliphatic rings. The zero-order valence-corrected chi connectivity index (χ0v) is 26.0. The lowest BCUT2D eigenvalue weighted by Gasteiger charge is -2.62. The normalized spacial score (nSPS) is 27.3. The Bertz CT molecular complexity index is 1970. The molecular weight excluding hydrogens is 596 g/mol. The van der Waals surface area contributed by atoms with Crippen LogP contribution in [0.25, 0.3) is 10.9 Å². The number of nitro benzene ring substituents is 1. The van der Waals surface area contributed by atoms with E-state index in [0.717, 1.165) is 77.1 Å². The number of aromatic amines is 1. The highest BCUT2D eigenvalue weighted by molar-refractivity contribution is 5.87. The van der Waals surface area contributed by atoms with E-state index in [1.807, 2.05) is 6.07 Å². The largest absolute Gasteiger partial charge is 0.504 e. The number of hydrogen-bond acceptors (Lipinski definition) is 7. The minimum Gasteiger partial charge on any atom is -0.504 e. The number of guanidine groups is 1. The van der Waals surface area contributed by atoms with E-state index in [2.05, 4.69) is 38.4 Å². The number of benzene rings is 3. The van der Waals surface area contributed by atoms with Crippen LogP contribution in [0, 0.1) is 16.0 Å². The van der Waals surface area contributed by atoms with Crippen molar-refractivity contribution in [2.45, 2.75) is 68.2 Å². The maximum absolute atomic E-state index is 13.1. The highest BCUT2D eigenvalue weighted by Crippen LogP contribution is 2.69. The predicted octanol–water partition coefficient (Wildman–Crippen LogP) is 4.13. The van der Waals surface area contributed by atoms with E-state index >= 15 is 0 Å². The molecule has 2 bridgehead atoms. The molecule has 2 aliphatic heterocycles. The van der Waals surface area contributed by atoms with Gasteiger partial charge in [0, 0.05) is 54.2 Å². The molecule has 1 saturated heterocycles. The first-order valence-electron chi connectivity index (χ1n) is 16.6. The molecule has 6 N–H and O–H groups in total. The number of aliphatic hydroxyl groups is 1. The van der Waals surface area contributed by atoms with Gasteiger partial charge < -0.3 is 31.0 Å². The Hall–Kier alpha value is -4.61. The van der Waals surface area contributed by atoms with E-state index in [-0.39, 0.29) is 17.5 Å². The van der Waals surface area contributed by atoms with Crippen LogP contribution in [0.15, 0.2) is 59.6 Å². The van der Waals surface area contributed by atoms with Gasteiger partial charge in [0.2, 0.25) is 0 Å². The van der Waals surface area contributed by atoms with Crippen molar-refractivity contribution in [3.05, 3.63) is 98.2 Å². The molecule has 0 unspecified atom stereocenters. The zero-order chi connectivity index (χ0) is 32.1. The molecule has 1 aromatic heterocycles. The van der Waals surface area contributed by atoms with Gasteiger partial charge in [-0.1, -0.05) is 24.3 Å². The number of ether oxygens (including phenoxy) is 1. The number of nitro groups is 1. The van der Waals surface area contributed by atoms with Crippen LogP contribution in [0.1, 0.15) is 58.9 Å². The highest BCUT2D eigenvalue weighted by Gasteiger charge is 2.72. The van der Waals surface area contributed by atoms with Gasteiger partial charge in [0.25, 0.3) is 5.69 Å². The van der Waals surface area contributed by atoms with Crippen LogP contribution in [-0.4, -0.2) is 62.3 Å². The Labute approximate surface area is 271 Å². The number of likely N-dealkylation sites (tertiary alicyclic amines) is 1. The van der Waals surface area contributed by atoms with Crippen LogP contribution in [0.4, 0.5) is 5.69 Å². The Balaban J connectivity index is 0.992. The number of nitrogens with two attached hydrogens (primary N) is 1. The summed E-state index contributed by atoms with van der Waals surface area (Å²) in [5.74, 6) is 1.74. The lowest BCUT2D eigenvalue weighted by atomic mass is 9.49.